The first-order valence-corrected chi connectivity index (χ1v) is 10.4. The molecule has 0 aliphatic rings. The first kappa shape index (κ1) is 24.0. The van der Waals surface area contributed by atoms with Gasteiger partial charge in [0.1, 0.15) is 29.4 Å². The van der Waals surface area contributed by atoms with Gasteiger partial charge in [-0.1, -0.05) is 12.1 Å². The van der Waals surface area contributed by atoms with Crippen LogP contribution in [0.25, 0.3) is 11.0 Å². The quantitative estimate of drug-likeness (QED) is 0.347. The molecule has 4 aromatic rings. The lowest BCUT2D eigenvalue weighted by Crippen LogP contribution is -2.17. The summed E-state index contributed by atoms with van der Waals surface area (Å²) < 4.78 is 65.0. The highest BCUT2D eigenvalue weighted by Gasteiger charge is 2.31. The summed E-state index contributed by atoms with van der Waals surface area (Å²) in [5.41, 5.74) is 1.62. The minimum atomic E-state index is -4.81. The van der Waals surface area contributed by atoms with Gasteiger partial charge in [0.15, 0.2) is 5.82 Å². The molecule has 0 spiro atoms. The van der Waals surface area contributed by atoms with E-state index in [4.69, 9.17) is 9.84 Å². The molecule has 0 aliphatic heterocycles. The summed E-state index contributed by atoms with van der Waals surface area (Å²) in [6, 6.07) is 9.74. The van der Waals surface area contributed by atoms with Gasteiger partial charge in [0.2, 0.25) is 0 Å². The second kappa shape index (κ2) is 9.65. The Kier molecular flexibility index (Phi) is 6.63. The Morgan fingerprint density at radius 1 is 1.11 bits per heavy atom. The Morgan fingerprint density at radius 3 is 2.49 bits per heavy atom. The van der Waals surface area contributed by atoms with Gasteiger partial charge in [-0.05, 0) is 23.8 Å². The van der Waals surface area contributed by atoms with E-state index < -0.39 is 18.1 Å². The number of alkyl halides is 3. The van der Waals surface area contributed by atoms with Crippen LogP contribution in [0.4, 0.5) is 17.6 Å². The SMILES string of the molecule is Cn1ccc(COc2cc(F)c3nc(CCC(=O)O)n(Cc4ccc(OC(F)(F)F)cc4)c3c2)n1. The van der Waals surface area contributed by atoms with E-state index in [0.29, 0.717) is 22.6 Å². The van der Waals surface area contributed by atoms with Gasteiger partial charge in [-0.2, -0.15) is 5.10 Å². The number of aliphatic carboxylic acids is 1. The van der Waals surface area contributed by atoms with E-state index in [2.05, 4.69) is 14.8 Å². The number of aryl methyl sites for hydroxylation is 2. The normalized spacial score (nSPS) is 11.7. The van der Waals surface area contributed by atoms with Crippen molar-refractivity contribution in [2.45, 2.75) is 32.4 Å². The molecule has 184 valence electrons. The molecule has 1 N–H and O–H groups in total. The zero-order valence-electron chi connectivity index (χ0n) is 18.4. The maximum Gasteiger partial charge on any atom is 0.573 e. The third-order valence-electron chi connectivity index (χ3n) is 5.08. The van der Waals surface area contributed by atoms with E-state index in [-0.39, 0.29) is 43.0 Å². The average molecular weight is 492 g/mol. The van der Waals surface area contributed by atoms with Crippen molar-refractivity contribution >= 4 is 17.0 Å². The standard InChI is InChI=1S/C23H20F4N4O4/c1-30-9-8-15(29-30)13-34-17-10-18(24)22-19(11-17)31(20(28-22)6-7-21(32)33)12-14-2-4-16(5-3-14)35-23(25,26)27/h2-5,8-11H,6-7,12-13H2,1H3,(H,32,33). The number of carboxylic acids is 1. The number of carbonyl (C=O) groups is 1. The smallest absolute Gasteiger partial charge is 0.487 e. The summed E-state index contributed by atoms with van der Waals surface area (Å²) in [4.78, 5) is 15.4. The minimum absolute atomic E-state index is 0.0306. The van der Waals surface area contributed by atoms with Crippen LogP contribution in [0.2, 0.25) is 0 Å². The fraction of sp³-hybridized carbons (Fsp3) is 0.261. The molecule has 0 radical (unpaired) electrons. The van der Waals surface area contributed by atoms with Gasteiger partial charge in [0, 0.05) is 38.3 Å². The summed E-state index contributed by atoms with van der Waals surface area (Å²) in [5.74, 6) is -1.53. The van der Waals surface area contributed by atoms with Crippen molar-refractivity contribution in [2.75, 3.05) is 0 Å². The third kappa shape index (κ3) is 6.08. The zero-order valence-corrected chi connectivity index (χ0v) is 18.4. The van der Waals surface area contributed by atoms with Gasteiger partial charge < -0.3 is 19.1 Å². The molecular weight excluding hydrogens is 472 g/mol. The van der Waals surface area contributed by atoms with Crippen LogP contribution in [0.5, 0.6) is 11.5 Å². The average Bonchev–Trinajstić information content (AvgIpc) is 3.35. The molecule has 0 unspecified atom stereocenters. The molecule has 35 heavy (non-hydrogen) atoms. The molecule has 12 heteroatoms. The van der Waals surface area contributed by atoms with Gasteiger partial charge in [-0.25, -0.2) is 9.37 Å². The highest BCUT2D eigenvalue weighted by atomic mass is 19.4. The molecule has 4 rings (SSSR count). The van der Waals surface area contributed by atoms with E-state index in [9.17, 15) is 22.4 Å². The lowest BCUT2D eigenvalue weighted by Gasteiger charge is -2.12. The Hall–Kier alpha value is -4.09. The van der Waals surface area contributed by atoms with Crippen molar-refractivity contribution < 1.29 is 36.9 Å². The number of aromatic nitrogens is 4. The molecule has 2 aromatic heterocycles. The largest absolute Gasteiger partial charge is 0.573 e. The number of rotatable bonds is 9. The number of ether oxygens (including phenoxy) is 2. The van der Waals surface area contributed by atoms with Crippen molar-refractivity contribution in [2.24, 2.45) is 7.05 Å². The highest BCUT2D eigenvalue weighted by molar-refractivity contribution is 5.79. The van der Waals surface area contributed by atoms with E-state index in [1.807, 2.05) is 0 Å². The van der Waals surface area contributed by atoms with Crippen LogP contribution >= 0.6 is 0 Å². The predicted octanol–water partition coefficient (Wildman–Crippen LogP) is 4.45. The maximum absolute atomic E-state index is 14.9. The molecule has 0 saturated heterocycles. The second-order valence-corrected chi connectivity index (χ2v) is 7.74. The van der Waals surface area contributed by atoms with Gasteiger partial charge in [-0.15, -0.1) is 13.2 Å². The van der Waals surface area contributed by atoms with Crippen LogP contribution in [0.15, 0.2) is 48.7 Å². The molecular formula is C23H20F4N4O4. The zero-order chi connectivity index (χ0) is 25.2. The van der Waals surface area contributed by atoms with Gasteiger partial charge >= 0.3 is 12.3 Å². The second-order valence-electron chi connectivity index (χ2n) is 7.74. The van der Waals surface area contributed by atoms with Gasteiger partial charge in [0.25, 0.3) is 0 Å². The third-order valence-corrected chi connectivity index (χ3v) is 5.08. The van der Waals surface area contributed by atoms with Gasteiger partial charge in [0.05, 0.1) is 17.6 Å². The monoisotopic (exact) mass is 492 g/mol. The molecule has 0 fully saturated rings. The number of halogens is 4. The van der Waals surface area contributed by atoms with Gasteiger partial charge in [-0.3, -0.25) is 9.48 Å². The van der Waals surface area contributed by atoms with Crippen LogP contribution in [-0.2, 0) is 31.4 Å². The van der Waals surface area contributed by atoms with Crippen LogP contribution in [0.1, 0.15) is 23.5 Å². The number of benzene rings is 2. The number of hydrogen-bond donors (Lipinski definition) is 1. The molecule has 0 saturated carbocycles. The molecule has 0 bridgehead atoms. The van der Waals surface area contributed by atoms with Crippen LogP contribution in [0, 0.1) is 5.82 Å². The number of hydrogen-bond acceptors (Lipinski definition) is 5. The number of nitrogens with zero attached hydrogens (tertiary/aromatic N) is 4. The summed E-state index contributed by atoms with van der Waals surface area (Å²) in [5, 5.41) is 13.3. The van der Waals surface area contributed by atoms with Crippen LogP contribution < -0.4 is 9.47 Å². The summed E-state index contributed by atoms with van der Waals surface area (Å²) in [6.45, 7) is 0.216. The molecule has 0 amide bonds. The topological polar surface area (TPSA) is 91.4 Å². The van der Waals surface area contributed by atoms with Crippen molar-refractivity contribution in [3.8, 4) is 11.5 Å². The van der Waals surface area contributed by atoms with Crippen LogP contribution in [0.3, 0.4) is 0 Å². The fourth-order valence-corrected chi connectivity index (χ4v) is 3.55. The molecule has 0 atom stereocenters. The Morgan fingerprint density at radius 2 is 1.86 bits per heavy atom. The number of imidazole rings is 1. The first-order valence-electron chi connectivity index (χ1n) is 10.4. The molecule has 2 heterocycles. The fourth-order valence-electron chi connectivity index (χ4n) is 3.55. The van der Waals surface area contributed by atoms with E-state index in [1.54, 1.807) is 34.6 Å². The maximum atomic E-state index is 14.9. The molecule has 2 aromatic carbocycles. The van der Waals surface area contributed by atoms with Crippen molar-refractivity contribution in [1.29, 1.82) is 0 Å². The van der Waals surface area contributed by atoms with E-state index in [1.165, 1.54) is 30.3 Å². The highest BCUT2D eigenvalue weighted by Crippen LogP contribution is 2.28. The number of fused-ring (bicyclic) bond motifs is 1. The summed E-state index contributed by atoms with van der Waals surface area (Å²) in [6.07, 6.45) is -3.26. The summed E-state index contributed by atoms with van der Waals surface area (Å²) >= 11 is 0. The van der Waals surface area contributed by atoms with E-state index in [0.717, 1.165) is 0 Å². The van der Waals surface area contributed by atoms with Crippen molar-refractivity contribution in [3.05, 3.63) is 71.6 Å². The summed E-state index contributed by atoms with van der Waals surface area (Å²) in [7, 11) is 1.76. The first-order chi connectivity index (χ1) is 16.6. The van der Waals surface area contributed by atoms with Crippen LogP contribution in [-0.4, -0.2) is 36.8 Å². The Labute approximate surface area is 196 Å². The lowest BCUT2D eigenvalue weighted by atomic mass is 10.2. The number of carboxylic acid groups (broad SMARTS) is 1. The molecule has 0 aliphatic carbocycles. The molecule has 8 nitrogen and oxygen atoms in total. The Balaban J connectivity index is 1.66. The lowest BCUT2D eigenvalue weighted by molar-refractivity contribution is -0.274. The Bertz CT molecular complexity index is 1350. The minimum Gasteiger partial charge on any atom is -0.487 e. The predicted molar refractivity (Wildman–Crippen MR) is 115 cm³/mol. The van der Waals surface area contributed by atoms with Crippen molar-refractivity contribution in [1.82, 2.24) is 19.3 Å². The van der Waals surface area contributed by atoms with E-state index >= 15 is 0 Å². The van der Waals surface area contributed by atoms with Crippen molar-refractivity contribution in [3.63, 3.8) is 0 Å².